The summed E-state index contributed by atoms with van der Waals surface area (Å²) in [4.78, 5) is 12.8. The summed E-state index contributed by atoms with van der Waals surface area (Å²) >= 11 is 0. The first-order chi connectivity index (χ1) is 6.77. The Bertz CT molecular complexity index is 348. The highest BCUT2D eigenvalue weighted by Crippen LogP contribution is 2.19. The lowest BCUT2D eigenvalue weighted by Crippen LogP contribution is -2.02. The molecule has 4 heteroatoms. The van der Waals surface area contributed by atoms with Gasteiger partial charge in [-0.1, -0.05) is 18.2 Å². The zero-order valence-corrected chi connectivity index (χ0v) is 7.74. The predicted molar refractivity (Wildman–Crippen MR) is 49.7 cm³/mol. The first kappa shape index (κ1) is 10.4. The summed E-state index contributed by atoms with van der Waals surface area (Å²) in [6.45, 7) is 0. The van der Waals surface area contributed by atoms with Gasteiger partial charge >= 0.3 is 0 Å². The number of rotatable bonds is 4. The van der Waals surface area contributed by atoms with Crippen LogP contribution in [-0.4, -0.2) is 19.5 Å². The van der Waals surface area contributed by atoms with E-state index in [1.54, 1.807) is 24.3 Å². The standard InChI is InChI=1S/C10H10FNO2/c1-14-9-5-3-2-4-8(9)6-10(11)12-7-13/h2-5,10H,6H2,1H3. The van der Waals surface area contributed by atoms with E-state index in [9.17, 15) is 9.18 Å². The molecular formula is C10H10FNO2. The van der Waals surface area contributed by atoms with Gasteiger partial charge in [-0.25, -0.2) is 9.18 Å². The zero-order chi connectivity index (χ0) is 10.4. The quantitative estimate of drug-likeness (QED) is 0.418. The van der Waals surface area contributed by atoms with Crippen molar-refractivity contribution < 1.29 is 13.9 Å². The molecule has 0 spiro atoms. The zero-order valence-electron chi connectivity index (χ0n) is 7.74. The van der Waals surface area contributed by atoms with Crippen molar-refractivity contribution in [1.82, 2.24) is 0 Å². The molecule has 1 aromatic rings. The van der Waals surface area contributed by atoms with E-state index in [4.69, 9.17) is 4.74 Å². The Balaban J connectivity index is 2.79. The first-order valence-electron chi connectivity index (χ1n) is 4.11. The molecule has 1 unspecified atom stereocenters. The molecule has 0 aliphatic heterocycles. The number of isocyanates is 1. The lowest BCUT2D eigenvalue weighted by atomic mass is 10.1. The Kier molecular flexibility index (Phi) is 3.83. The number of aliphatic imine (C=N–C) groups is 1. The Morgan fingerprint density at radius 2 is 2.29 bits per heavy atom. The number of carbonyl (C=O) groups excluding carboxylic acids is 1. The number of hydrogen-bond donors (Lipinski definition) is 0. The Morgan fingerprint density at radius 3 is 2.93 bits per heavy atom. The smallest absolute Gasteiger partial charge is 0.237 e. The lowest BCUT2D eigenvalue weighted by Gasteiger charge is -2.07. The highest BCUT2D eigenvalue weighted by molar-refractivity contribution is 5.36. The van der Waals surface area contributed by atoms with Gasteiger partial charge in [-0.2, -0.15) is 4.99 Å². The number of hydrogen-bond acceptors (Lipinski definition) is 3. The Morgan fingerprint density at radius 1 is 1.57 bits per heavy atom. The third-order valence-corrected chi connectivity index (χ3v) is 1.77. The van der Waals surface area contributed by atoms with Gasteiger partial charge in [0.2, 0.25) is 12.4 Å². The Hall–Kier alpha value is -1.67. The lowest BCUT2D eigenvalue weighted by molar-refractivity contribution is 0.336. The molecule has 1 aromatic carbocycles. The fourth-order valence-electron chi connectivity index (χ4n) is 1.16. The van der Waals surface area contributed by atoms with E-state index in [1.807, 2.05) is 0 Å². The SMILES string of the molecule is COc1ccccc1CC(F)N=C=O. The predicted octanol–water partition coefficient (Wildman–Crippen LogP) is 1.87. The van der Waals surface area contributed by atoms with Crippen LogP contribution in [0, 0.1) is 0 Å². The summed E-state index contributed by atoms with van der Waals surface area (Å²) in [6.07, 6.45) is -0.341. The van der Waals surface area contributed by atoms with Gasteiger partial charge in [0.1, 0.15) is 5.75 Å². The molecule has 0 saturated carbocycles. The number of alkyl halides is 1. The molecule has 0 bridgehead atoms. The summed E-state index contributed by atoms with van der Waals surface area (Å²) in [5, 5.41) is 0. The fraction of sp³-hybridized carbons (Fsp3) is 0.300. The van der Waals surface area contributed by atoms with Crippen LogP contribution < -0.4 is 4.74 Å². The van der Waals surface area contributed by atoms with E-state index < -0.39 is 6.30 Å². The van der Waals surface area contributed by atoms with Crippen LogP contribution in [0.1, 0.15) is 5.56 Å². The molecule has 0 aliphatic carbocycles. The molecule has 0 aromatic heterocycles. The number of para-hydroxylation sites is 1. The second kappa shape index (κ2) is 5.14. The largest absolute Gasteiger partial charge is 0.496 e. The van der Waals surface area contributed by atoms with Gasteiger partial charge in [0.25, 0.3) is 0 Å². The molecule has 74 valence electrons. The van der Waals surface area contributed by atoms with Crippen molar-refractivity contribution in [3.05, 3.63) is 29.8 Å². The molecule has 0 radical (unpaired) electrons. The molecule has 0 N–H and O–H groups in total. The molecule has 0 saturated heterocycles. The minimum atomic E-state index is -1.55. The van der Waals surface area contributed by atoms with E-state index in [1.165, 1.54) is 13.2 Å². The second-order valence-electron chi connectivity index (χ2n) is 2.67. The molecule has 0 amide bonds. The molecule has 14 heavy (non-hydrogen) atoms. The van der Waals surface area contributed by atoms with Crippen molar-refractivity contribution >= 4 is 6.08 Å². The maximum atomic E-state index is 12.9. The van der Waals surface area contributed by atoms with Gasteiger partial charge in [0.05, 0.1) is 7.11 Å². The molecule has 0 aliphatic rings. The fourth-order valence-corrected chi connectivity index (χ4v) is 1.16. The van der Waals surface area contributed by atoms with Gasteiger partial charge in [-0.05, 0) is 11.6 Å². The average Bonchev–Trinajstić information content (AvgIpc) is 2.19. The monoisotopic (exact) mass is 195 g/mol. The normalized spacial score (nSPS) is 11.6. The van der Waals surface area contributed by atoms with Gasteiger partial charge in [0, 0.05) is 6.42 Å². The molecule has 0 heterocycles. The average molecular weight is 195 g/mol. The van der Waals surface area contributed by atoms with Crippen LogP contribution in [0.4, 0.5) is 4.39 Å². The van der Waals surface area contributed by atoms with E-state index in [0.29, 0.717) is 11.3 Å². The maximum absolute atomic E-state index is 12.9. The third-order valence-electron chi connectivity index (χ3n) is 1.77. The van der Waals surface area contributed by atoms with E-state index in [-0.39, 0.29) is 6.42 Å². The van der Waals surface area contributed by atoms with Crippen molar-refractivity contribution in [2.75, 3.05) is 7.11 Å². The van der Waals surface area contributed by atoms with Crippen LogP contribution in [0.25, 0.3) is 0 Å². The maximum Gasteiger partial charge on any atom is 0.237 e. The topological polar surface area (TPSA) is 38.7 Å². The van der Waals surface area contributed by atoms with Crippen molar-refractivity contribution in [2.45, 2.75) is 12.7 Å². The number of ether oxygens (including phenoxy) is 1. The number of halogens is 1. The Labute approximate surface area is 81.2 Å². The highest BCUT2D eigenvalue weighted by atomic mass is 19.1. The summed E-state index contributed by atoms with van der Waals surface area (Å²) in [6, 6.07) is 7.02. The third kappa shape index (κ3) is 2.68. The highest BCUT2D eigenvalue weighted by Gasteiger charge is 2.08. The molecule has 1 atom stereocenters. The van der Waals surface area contributed by atoms with Gasteiger partial charge < -0.3 is 4.74 Å². The summed E-state index contributed by atoms with van der Waals surface area (Å²) in [5.41, 5.74) is 0.682. The number of nitrogens with zero attached hydrogens (tertiary/aromatic N) is 1. The first-order valence-corrected chi connectivity index (χ1v) is 4.11. The van der Waals surface area contributed by atoms with Crippen LogP contribution in [-0.2, 0) is 11.2 Å². The number of methoxy groups -OCH3 is 1. The van der Waals surface area contributed by atoms with Crippen LogP contribution >= 0.6 is 0 Å². The summed E-state index contributed by atoms with van der Waals surface area (Å²) in [5.74, 6) is 0.594. The van der Waals surface area contributed by atoms with E-state index in [0.717, 1.165) is 0 Å². The van der Waals surface area contributed by atoms with Crippen molar-refractivity contribution in [1.29, 1.82) is 0 Å². The van der Waals surface area contributed by atoms with Crippen LogP contribution in [0.3, 0.4) is 0 Å². The molecule has 1 rings (SSSR count). The van der Waals surface area contributed by atoms with Crippen LogP contribution in [0.5, 0.6) is 5.75 Å². The van der Waals surface area contributed by atoms with Gasteiger partial charge in [0.15, 0.2) is 0 Å². The number of benzene rings is 1. The molecule has 3 nitrogen and oxygen atoms in total. The van der Waals surface area contributed by atoms with Gasteiger partial charge in [-0.3, -0.25) is 0 Å². The van der Waals surface area contributed by atoms with Gasteiger partial charge in [-0.15, -0.1) is 0 Å². The molecule has 0 fully saturated rings. The van der Waals surface area contributed by atoms with Crippen molar-refractivity contribution in [2.24, 2.45) is 4.99 Å². The van der Waals surface area contributed by atoms with Crippen LogP contribution in [0.15, 0.2) is 29.3 Å². The van der Waals surface area contributed by atoms with Crippen molar-refractivity contribution in [3.63, 3.8) is 0 Å². The van der Waals surface area contributed by atoms with Crippen molar-refractivity contribution in [3.8, 4) is 5.75 Å². The van der Waals surface area contributed by atoms with E-state index >= 15 is 0 Å². The van der Waals surface area contributed by atoms with Crippen LogP contribution in [0.2, 0.25) is 0 Å². The minimum absolute atomic E-state index is 0.0270. The molecular weight excluding hydrogens is 185 g/mol. The minimum Gasteiger partial charge on any atom is -0.496 e. The summed E-state index contributed by atoms with van der Waals surface area (Å²) < 4.78 is 17.9. The van der Waals surface area contributed by atoms with E-state index in [2.05, 4.69) is 4.99 Å². The summed E-state index contributed by atoms with van der Waals surface area (Å²) in [7, 11) is 1.51. The second-order valence-corrected chi connectivity index (χ2v) is 2.67.